The number of hydrogen-bond donors (Lipinski definition) is 0. The van der Waals surface area contributed by atoms with Gasteiger partial charge in [-0.1, -0.05) is 12.1 Å². The predicted molar refractivity (Wildman–Crippen MR) is 69.1 cm³/mol. The summed E-state index contributed by atoms with van der Waals surface area (Å²) in [6, 6.07) is 4.55. The summed E-state index contributed by atoms with van der Waals surface area (Å²) in [5, 5.41) is 13.4. The predicted octanol–water partition coefficient (Wildman–Crippen LogP) is 2.72. The summed E-state index contributed by atoms with van der Waals surface area (Å²) >= 11 is 1.35. The largest absolute Gasteiger partial charge is 0.455 e. The van der Waals surface area contributed by atoms with Gasteiger partial charge in [0, 0.05) is 17.1 Å². The molecule has 2 rings (SSSR count). The van der Waals surface area contributed by atoms with Crippen LogP contribution in [0.1, 0.15) is 20.9 Å². The van der Waals surface area contributed by atoms with Crippen molar-refractivity contribution in [2.45, 2.75) is 13.5 Å². The third-order valence-electron chi connectivity index (χ3n) is 2.45. The second kappa shape index (κ2) is 5.57. The summed E-state index contributed by atoms with van der Waals surface area (Å²) in [6.45, 7) is 1.59. The molecule has 0 bridgehead atoms. The number of nitro benzene ring substituents is 1. The third-order valence-corrected chi connectivity index (χ3v) is 3.20. The van der Waals surface area contributed by atoms with Gasteiger partial charge >= 0.3 is 5.97 Å². The van der Waals surface area contributed by atoms with Crippen LogP contribution in [0, 0.1) is 17.0 Å². The summed E-state index contributed by atoms with van der Waals surface area (Å²) < 4.78 is 5.02. The van der Waals surface area contributed by atoms with Gasteiger partial charge in [0.2, 0.25) is 0 Å². The minimum absolute atomic E-state index is 0.0155. The number of carbonyl (C=O) groups is 1. The number of esters is 1. The molecule has 0 unspecified atom stereocenters. The standard InChI is InChI=1S/C12H10N2O4S/c1-8-3-2-4-9(11(8)14(16)17)12(15)18-7-10-13-5-6-19-10/h2-6H,7H2,1H3. The van der Waals surface area contributed by atoms with Crippen LogP contribution in [0.3, 0.4) is 0 Å². The lowest BCUT2D eigenvalue weighted by atomic mass is 10.1. The Morgan fingerprint density at radius 2 is 2.32 bits per heavy atom. The number of nitro groups is 1. The number of thiazole rings is 1. The highest BCUT2D eigenvalue weighted by Crippen LogP contribution is 2.24. The molecular formula is C12H10N2O4S. The van der Waals surface area contributed by atoms with E-state index in [9.17, 15) is 14.9 Å². The lowest BCUT2D eigenvalue weighted by Crippen LogP contribution is -2.09. The number of ether oxygens (including phenoxy) is 1. The van der Waals surface area contributed by atoms with Crippen LogP contribution in [-0.2, 0) is 11.3 Å². The van der Waals surface area contributed by atoms with Gasteiger partial charge in [-0.15, -0.1) is 11.3 Å². The lowest BCUT2D eigenvalue weighted by molar-refractivity contribution is -0.385. The SMILES string of the molecule is Cc1cccc(C(=O)OCc2nccs2)c1[N+](=O)[O-]. The zero-order valence-electron chi connectivity index (χ0n) is 10.0. The molecule has 7 heteroatoms. The van der Waals surface area contributed by atoms with Gasteiger partial charge in [0.1, 0.15) is 17.2 Å². The molecule has 0 aliphatic carbocycles. The molecule has 98 valence electrons. The van der Waals surface area contributed by atoms with Crippen LogP contribution in [0.4, 0.5) is 5.69 Å². The van der Waals surface area contributed by atoms with Crippen molar-refractivity contribution in [1.82, 2.24) is 4.98 Å². The Morgan fingerprint density at radius 3 is 2.95 bits per heavy atom. The normalized spacial score (nSPS) is 10.2. The first-order chi connectivity index (χ1) is 9.09. The maximum absolute atomic E-state index is 11.9. The van der Waals surface area contributed by atoms with Gasteiger partial charge in [0.15, 0.2) is 0 Å². The van der Waals surface area contributed by atoms with E-state index < -0.39 is 10.9 Å². The summed E-state index contributed by atoms with van der Waals surface area (Å²) in [7, 11) is 0. The molecule has 0 radical (unpaired) electrons. The van der Waals surface area contributed by atoms with E-state index in [2.05, 4.69) is 4.98 Å². The number of benzene rings is 1. The number of carbonyl (C=O) groups excluding carboxylic acids is 1. The average molecular weight is 278 g/mol. The molecule has 1 aromatic carbocycles. The molecule has 0 amide bonds. The number of aryl methyl sites for hydroxylation is 1. The van der Waals surface area contributed by atoms with Gasteiger partial charge < -0.3 is 4.74 Å². The second-order valence-electron chi connectivity index (χ2n) is 3.73. The van der Waals surface area contributed by atoms with E-state index in [1.165, 1.54) is 17.4 Å². The van der Waals surface area contributed by atoms with Crippen LogP contribution < -0.4 is 0 Å². The molecule has 0 aliphatic heterocycles. The smallest absolute Gasteiger partial charge is 0.345 e. The van der Waals surface area contributed by atoms with Crippen molar-refractivity contribution in [3.63, 3.8) is 0 Å². The Bertz CT molecular complexity index is 610. The fraction of sp³-hybridized carbons (Fsp3) is 0.167. The number of rotatable bonds is 4. The first-order valence-corrected chi connectivity index (χ1v) is 6.27. The molecular weight excluding hydrogens is 268 g/mol. The fourth-order valence-electron chi connectivity index (χ4n) is 1.60. The molecule has 6 nitrogen and oxygen atoms in total. The van der Waals surface area contributed by atoms with Crippen LogP contribution in [0.2, 0.25) is 0 Å². The number of aromatic nitrogens is 1. The number of hydrogen-bond acceptors (Lipinski definition) is 6. The van der Waals surface area contributed by atoms with Gasteiger partial charge in [-0.05, 0) is 13.0 Å². The molecule has 2 aromatic rings. The quantitative estimate of drug-likeness (QED) is 0.488. The van der Waals surface area contributed by atoms with Crippen LogP contribution in [0.5, 0.6) is 0 Å². The van der Waals surface area contributed by atoms with Crippen molar-refractivity contribution in [2.75, 3.05) is 0 Å². The summed E-state index contributed by atoms with van der Waals surface area (Å²) in [6.07, 6.45) is 1.60. The average Bonchev–Trinajstić information content (AvgIpc) is 2.88. The summed E-state index contributed by atoms with van der Waals surface area (Å²) in [5.74, 6) is -0.717. The van der Waals surface area contributed by atoms with Crippen LogP contribution in [0.25, 0.3) is 0 Å². The Labute approximate surface area is 112 Å². The van der Waals surface area contributed by atoms with E-state index in [4.69, 9.17) is 4.74 Å². The zero-order valence-corrected chi connectivity index (χ0v) is 10.8. The Hall–Kier alpha value is -2.28. The molecule has 0 saturated carbocycles. The van der Waals surface area contributed by atoms with Crippen molar-refractivity contribution < 1.29 is 14.5 Å². The van der Waals surface area contributed by atoms with Crippen molar-refractivity contribution in [3.8, 4) is 0 Å². The highest BCUT2D eigenvalue weighted by molar-refractivity contribution is 7.09. The van der Waals surface area contributed by atoms with E-state index >= 15 is 0 Å². The molecule has 1 aromatic heterocycles. The molecule has 0 atom stereocenters. The van der Waals surface area contributed by atoms with E-state index in [1.807, 2.05) is 0 Å². The summed E-state index contributed by atoms with van der Waals surface area (Å²) in [5.41, 5.74) is 0.168. The molecule has 0 fully saturated rings. The van der Waals surface area contributed by atoms with Gasteiger partial charge in [0.05, 0.1) is 4.92 Å². The molecule has 0 aliphatic rings. The maximum atomic E-state index is 11.9. The molecule has 1 heterocycles. The minimum atomic E-state index is -0.717. The van der Waals surface area contributed by atoms with Crippen LogP contribution in [-0.4, -0.2) is 15.9 Å². The zero-order chi connectivity index (χ0) is 13.8. The Kier molecular flexibility index (Phi) is 3.86. The molecule has 0 N–H and O–H groups in total. The van der Waals surface area contributed by atoms with E-state index in [1.54, 1.807) is 30.6 Å². The van der Waals surface area contributed by atoms with E-state index in [0.29, 0.717) is 10.6 Å². The minimum Gasteiger partial charge on any atom is -0.455 e. The molecule has 0 spiro atoms. The first kappa shape index (κ1) is 13.2. The van der Waals surface area contributed by atoms with E-state index in [0.717, 1.165) is 0 Å². The third kappa shape index (κ3) is 2.94. The summed E-state index contributed by atoms with van der Waals surface area (Å²) in [4.78, 5) is 26.2. The lowest BCUT2D eigenvalue weighted by Gasteiger charge is -2.05. The van der Waals surface area contributed by atoms with E-state index in [-0.39, 0.29) is 17.9 Å². The Morgan fingerprint density at radius 1 is 1.53 bits per heavy atom. The van der Waals surface area contributed by atoms with Crippen molar-refractivity contribution in [3.05, 3.63) is 56.0 Å². The van der Waals surface area contributed by atoms with Crippen molar-refractivity contribution in [2.24, 2.45) is 0 Å². The second-order valence-corrected chi connectivity index (χ2v) is 4.71. The van der Waals surface area contributed by atoms with Crippen molar-refractivity contribution in [1.29, 1.82) is 0 Å². The van der Waals surface area contributed by atoms with Gasteiger partial charge in [-0.2, -0.15) is 0 Å². The monoisotopic (exact) mass is 278 g/mol. The van der Waals surface area contributed by atoms with Crippen LogP contribution >= 0.6 is 11.3 Å². The molecule has 0 saturated heterocycles. The highest BCUT2D eigenvalue weighted by Gasteiger charge is 2.23. The van der Waals surface area contributed by atoms with Gasteiger partial charge in [-0.25, -0.2) is 9.78 Å². The van der Waals surface area contributed by atoms with Crippen LogP contribution in [0.15, 0.2) is 29.8 Å². The number of para-hydroxylation sites is 1. The highest BCUT2D eigenvalue weighted by atomic mass is 32.1. The van der Waals surface area contributed by atoms with Gasteiger partial charge in [-0.3, -0.25) is 10.1 Å². The number of nitrogens with zero attached hydrogens (tertiary/aromatic N) is 2. The van der Waals surface area contributed by atoms with Gasteiger partial charge in [0.25, 0.3) is 5.69 Å². The maximum Gasteiger partial charge on any atom is 0.345 e. The topological polar surface area (TPSA) is 82.3 Å². The first-order valence-electron chi connectivity index (χ1n) is 5.39. The van der Waals surface area contributed by atoms with Crippen molar-refractivity contribution >= 4 is 23.0 Å². The molecule has 19 heavy (non-hydrogen) atoms. The Balaban J connectivity index is 2.19. The fourth-order valence-corrected chi connectivity index (χ4v) is 2.12.